The maximum Gasteiger partial charge on any atom is 0.239 e. The summed E-state index contributed by atoms with van der Waals surface area (Å²) in [6.07, 6.45) is 2.12. The molecule has 1 saturated heterocycles. The number of nitrogens with zero attached hydrogens (tertiary/aromatic N) is 1. The lowest BCUT2D eigenvalue weighted by atomic mass is 9.93. The van der Waals surface area contributed by atoms with Crippen LogP contribution >= 0.6 is 0 Å². The van der Waals surface area contributed by atoms with Crippen LogP contribution in [0.25, 0.3) is 0 Å². The van der Waals surface area contributed by atoms with Crippen molar-refractivity contribution in [2.75, 3.05) is 6.54 Å². The first kappa shape index (κ1) is 13.1. The molecule has 2 N–H and O–H groups in total. The van der Waals surface area contributed by atoms with Gasteiger partial charge in [-0.2, -0.15) is 0 Å². The van der Waals surface area contributed by atoms with E-state index in [2.05, 4.69) is 31.2 Å². The van der Waals surface area contributed by atoms with Crippen LogP contribution in [0.5, 0.6) is 0 Å². The summed E-state index contributed by atoms with van der Waals surface area (Å²) in [5.41, 5.74) is 7.04. The van der Waals surface area contributed by atoms with E-state index in [1.165, 1.54) is 5.56 Å². The molecule has 3 atom stereocenters. The Morgan fingerprint density at radius 1 is 1.44 bits per heavy atom. The van der Waals surface area contributed by atoms with Crippen molar-refractivity contribution in [3.05, 3.63) is 35.9 Å². The minimum atomic E-state index is -0.386. The molecular weight excluding hydrogens is 224 g/mol. The molecule has 0 aliphatic carbocycles. The van der Waals surface area contributed by atoms with E-state index in [0.717, 1.165) is 19.4 Å². The average molecular weight is 246 g/mol. The SMILES string of the molecule is C[C@@H](N)C(=O)N1CC[C@@H](Cc2ccccc2)[C@@H]1C. The fourth-order valence-corrected chi connectivity index (χ4v) is 2.77. The van der Waals surface area contributed by atoms with Gasteiger partial charge < -0.3 is 10.6 Å². The maximum atomic E-state index is 12.0. The van der Waals surface area contributed by atoms with Crippen LogP contribution in [0.1, 0.15) is 25.8 Å². The second-order valence-corrected chi connectivity index (χ2v) is 5.30. The molecule has 18 heavy (non-hydrogen) atoms. The Hall–Kier alpha value is -1.35. The molecule has 1 heterocycles. The van der Waals surface area contributed by atoms with Crippen LogP contribution in [0.4, 0.5) is 0 Å². The maximum absolute atomic E-state index is 12.0. The number of nitrogens with two attached hydrogens (primary N) is 1. The lowest BCUT2D eigenvalue weighted by Crippen LogP contribution is -2.44. The van der Waals surface area contributed by atoms with E-state index in [-0.39, 0.29) is 11.9 Å². The Bertz CT molecular complexity index is 402. The van der Waals surface area contributed by atoms with Gasteiger partial charge >= 0.3 is 0 Å². The van der Waals surface area contributed by atoms with Crippen molar-refractivity contribution in [1.82, 2.24) is 4.90 Å². The van der Waals surface area contributed by atoms with Crippen LogP contribution < -0.4 is 5.73 Å². The van der Waals surface area contributed by atoms with Gasteiger partial charge in [0, 0.05) is 12.6 Å². The van der Waals surface area contributed by atoms with Crippen LogP contribution in [-0.2, 0) is 11.2 Å². The highest BCUT2D eigenvalue weighted by molar-refractivity contribution is 5.81. The van der Waals surface area contributed by atoms with E-state index < -0.39 is 0 Å². The van der Waals surface area contributed by atoms with Crippen molar-refractivity contribution in [1.29, 1.82) is 0 Å². The fourth-order valence-electron chi connectivity index (χ4n) is 2.77. The molecule has 0 bridgehead atoms. The molecule has 1 aromatic carbocycles. The summed E-state index contributed by atoms with van der Waals surface area (Å²) in [5, 5.41) is 0. The number of likely N-dealkylation sites (tertiary alicyclic amines) is 1. The fraction of sp³-hybridized carbons (Fsp3) is 0.533. The van der Waals surface area contributed by atoms with E-state index in [0.29, 0.717) is 12.0 Å². The van der Waals surface area contributed by atoms with Gasteiger partial charge in [0.05, 0.1) is 6.04 Å². The first-order chi connectivity index (χ1) is 8.59. The molecule has 0 aromatic heterocycles. The van der Waals surface area contributed by atoms with E-state index in [1.807, 2.05) is 11.0 Å². The summed E-state index contributed by atoms with van der Waals surface area (Å²) < 4.78 is 0. The monoisotopic (exact) mass is 246 g/mol. The smallest absolute Gasteiger partial charge is 0.239 e. The molecule has 0 radical (unpaired) electrons. The molecule has 0 unspecified atom stereocenters. The molecule has 0 saturated carbocycles. The molecule has 1 aliphatic heterocycles. The molecule has 3 heteroatoms. The van der Waals surface area contributed by atoms with Gasteiger partial charge in [-0.1, -0.05) is 30.3 Å². The summed E-state index contributed by atoms with van der Waals surface area (Å²) >= 11 is 0. The summed E-state index contributed by atoms with van der Waals surface area (Å²) in [6, 6.07) is 10.4. The zero-order valence-corrected chi connectivity index (χ0v) is 11.2. The van der Waals surface area contributed by atoms with Crippen LogP contribution in [0, 0.1) is 5.92 Å². The predicted molar refractivity (Wildman–Crippen MR) is 73.1 cm³/mol. The van der Waals surface area contributed by atoms with Gasteiger partial charge in [-0.25, -0.2) is 0 Å². The number of hydrogen-bond acceptors (Lipinski definition) is 2. The number of amides is 1. The lowest BCUT2D eigenvalue weighted by molar-refractivity contribution is -0.133. The average Bonchev–Trinajstić information content (AvgIpc) is 2.71. The molecule has 3 nitrogen and oxygen atoms in total. The number of hydrogen-bond donors (Lipinski definition) is 1. The highest BCUT2D eigenvalue weighted by Gasteiger charge is 2.34. The largest absolute Gasteiger partial charge is 0.338 e. The number of carbonyl (C=O) groups excluding carboxylic acids is 1. The third kappa shape index (κ3) is 2.72. The van der Waals surface area contributed by atoms with Crippen LogP contribution in [0.15, 0.2) is 30.3 Å². The second-order valence-electron chi connectivity index (χ2n) is 5.30. The zero-order valence-electron chi connectivity index (χ0n) is 11.2. The molecule has 0 spiro atoms. The number of benzene rings is 1. The van der Waals surface area contributed by atoms with Crippen molar-refractivity contribution >= 4 is 5.91 Å². The van der Waals surface area contributed by atoms with E-state index in [1.54, 1.807) is 6.92 Å². The molecule has 98 valence electrons. The minimum absolute atomic E-state index is 0.0815. The Morgan fingerprint density at radius 2 is 2.11 bits per heavy atom. The lowest BCUT2D eigenvalue weighted by Gasteiger charge is -2.26. The Labute approximate surface area is 109 Å². The van der Waals surface area contributed by atoms with Gasteiger partial charge in [0.15, 0.2) is 0 Å². The van der Waals surface area contributed by atoms with Gasteiger partial charge in [-0.3, -0.25) is 4.79 Å². The van der Waals surface area contributed by atoms with Gasteiger partial charge in [0.2, 0.25) is 5.91 Å². The van der Waals surface area contributed by atoms with Crippen LogP contribution in [0.2, 0.25) is 0 Å². The van der Waals surface area contributed by atoms with Crippen molar-refractivity contribution in [2.24, 2.45) is 11.7 Å². The van der Waals surface area contributed by atoms with Gasteiger partial charge in [-0.05, 0) is 38.2 Å². The Kier molecular flexibility index (Phi) is 4.02. The molecule has 1 aromatic rings. The highest BCUT2D eigenvalue weighted by atomic mass is 16.2. The minimum Gasteiger partial charge on any atom is -0.338 e. The normalized spacial score (nSPS) is 25.2. The van der Waals surface area contributed by atoms with Crippen molar-refractivity contribution in [3.8, 4) is 0 Å². The summed E-state index contributed by atoms with van der Waals surface area (Å²) in [6.45, 7) is 4.75. The van der Waals surface area contributed by atoms with Gasteiger partial charge in [-0.15, -0.1) is 0 Å². The van der Waals surface area contributed by atoms with Crippen molar-refractivity contribution in [3.63, 3.8) is 0 Å². The molecule has 1 aliphatic rings. The Balaban J connectivity index is 1.99. The zero-order chi connectivity index (χ0) is 13.1. The van der Waals surface area contributed by atoms with Gasteiger partial charge in [0.25, 0.3) is 0 Å². The second kappa shape index (κ2) is 5.53. The summed E-state index contributed by atoms with van der Waals surface area (Å²) in [5.74, 6) is 0.633. The van der Waals surface area contributed by atoms with Crippen molar-refractivity contribution < 1.29 is 4.79 Å². The van der Waals surface area contributed by atoms with Gasteiger partial charge in [0.1, 0.15) is 0 Å². The topological polar surface area (TPSA) is 46.3 Å². The van der Waals surface area contributed by atoms with Crippen LogP contribution in [-0.4, -0.2) is 29.4 Å². The quantitative estimate of drug-likeness (QED) is 0.884. The van der Waals surface area contributed by atoms with E-state index >= 15 is 0 Å². The van der Waals surface area contributed by atoms with Crippen LogP contribution in [0.3, 0.4) is 0 Å². The number of rotatable bonds is 3. The summed E-state index contributed by atoms with van der Waals surface area (Å²) in [7, 11) is 0. The summed E-state index contributed by atoms with van der Waals surface area (Å²) in [4.78, 5) is 13.9. The Morgan fingerprint density at radius 3 is 2.72 bits per heavy atom. The third-order valence-electron chi connectivity index (χ3n) is 3.93. The first-order valence-electron chi connectivity index (χ1n) is 6.69. The first-order valence-corrected chi connectivity index (χ1v) is 6.69. The predicted octanol–water partition coefficient (Wildman–Crippen LogP) is 1.81. The highest BCUT2D eigenvalue weighted by Crippen LogP contribution is 2.27. The van der Waals surface area contributed by atoms with Crippen molar-refractivity contribution in [2.45, 2.75) is 38.8 Å². The standard InChI is InChI=1S/C15H22N2O/c1-11(16)15(18)17-9-8-14(12(17)2)10-13-6-4-3-5-7-13/h3-7,11-12,14H,8-10,16H2,1-2H3/t11-,12+,14+/m1/s1. The molecule has 1 amide bonds. The van der Waals surface area contributed by atoms with E-state index in [4.69, 9.17) is 5.73 Å². The third-order valence-corrected chi connectivity index (χ3v) is 3.93. The van der Waals surface area contributed by atoms with E-state index in [9.17, 15) is 4.79 Å². The molecule has 2 rings (SSSR count). The molecular formula is C15H22N2O. The molecule has 1 fully saturated rings. The number of carbonyl (C=O) groups is 1.